The molecule has 9 heteroatoms. The van der Waals surface area contributed by atoms with Crippen LogP contribution in [0.25, 0.3) is 0 Å². The number of benzene rings is 1. The highest BCUT2D eigenvalue weighted by atomic mass is 32.2. The van der Waals surface area contributed by atoms with E-state index >= 15 is 0 Å². The molecule has 0 aromatic heterocycles. The summed E-state index contributed by atoms with van der Waals surface area (Å²) in [6, 6.07) is 5.62. The van der Waals surface area contributed by atoms with E-state index in [0.717, 1.165) is 4.90 Å². The van der Waals surface area contributed by atoms with E-state index in [-0.39, 0.29) is 49.0 Å². The largest absolute Gasteiger partial charge is 0.386 e. The first-order chi connectivity index (χ1) is 12.0. The Kier molecular flexibility index (Phi) is 6.93. The van der Waals surface area contributed by atoms with Gasteiger partial charge in [-0.25, -0.2) is 4.39 Å². The third kappa shape index (κ3) is 5.56. The number of hydrogen-bond donors (Lipinski definition) is 1. The highest BCUT2D eigenvalue weighted by Crippen LogP contribution is 2.22. The number of carbonyl (C=O) groups excluding carboxylic acids is 3. The Morgan fingerprint density at radius 2 is 2.16 bits per heavy atom. The van der Waals surface area contributed by atoms with Crippen LogP contribution in [0.1, 0.15) is 12.0 Å². The van der Waals surface area contributed by atoms with Crippen molar-refractivity contribution in [3.8, 4) is 0 Å². The maximum Gasteiger partial charge on any atom is 0.260 e. The summed E-state index contributed by atoms with van der Waals surface area (Å²) in [5.41, 5.74) is 0.635. The van der Waals surface area contributed by atoms with Crippen molar-refractivity contribution >= 4 is 35.7 Å². The number of imide groups is 1. The van der Waals surface area contributed by atoms with Gasteiger partial charge in [0, 0.05) is 19.5 Å². The quantitative estimate of drug-likeness (QED) is 0.417. The number of hydrogen-bond acceptors (Lipinski definition) is 6. The molecule has 1 fully saturated rings. The molecule has 1 aromatic carbocycles. The van der Waals surface area contributed by atoms with E-state index in [9.17, 15) is 18.8 Å². The summed E-state index contributed by atoms with van der Waals surface area (Å²) >= 11 is 1.34. The molecule has 0 bridgehead atoms. The molecule has 0 spiro atoms. The van der Waals surface area contributed by atoms with Gasteiger partial charge in [0.1, 0.15) is 5.82 Å². The number of likely N-dealkylation sites (tertiary alicyclic amines) is 1. The number of amides is 3. The first-order valence-electron chi connectivity index (χ1n) is 7.56. The van der Waals surface area contributed by atoms with Gasteiger partial charge in [-0.05, 0) is 24.0 Å². The van der Waals surface area contributed by atoms with E-state index in [1.54, 1.807) is 6.26 Å². The normalized spacial score (nSPS) is 17.4. The number of halogens is 1. The van der Waals surface area contributed by atoms with Crippen molar-refractivity contribution in [2.75, 3.05) is 26.0 Å². The molecule has 0 aliphatic carbocycles. The third-order valence-corrected chi connectivity index (χ3v) is 4.42. The molecule has 1 unspecified atom stereocenters. The summed E-state index contributed by atoms with van der Waals surface area (Å²) in [5.74, 6) is -1.21. The van der Waals surface area contributed by atoms with E-state index < -0.39 is 5.91 Å². The standard InChI is InChI=1S/C16H18FN3O4S/c1-25-13-8-15(22)20(16(13)23)7-6-18-14(21)10-24-19-9-11-2-4-12(17)5-3-11/h2-5,9,13H,6-8,10H2,1H3,(H,18,21)/b19-9+/i17-1. The third-order valence-electron chi connectivity index (χ3n) is 3.49. The van der Waals surface area contributed by atoms with Crippen LogP contribution in [0.5, 0.6) is 0 Å². The van der Waals surface area contributed by atoms with E-state index in [1.807, 2.05) is 0 Å². The SMILES string of the molecule is CSC1CC(=O)N(CCNC(=O)CO/N=C/c2ccc([18F])cc2)C1=O. The molecule has 1 aromatic rings. The minimum Gasteiger partial charge on any atom is -0.386 e. The lowest BCUT2D eigenvalue weighted by molar-refractivity contribution is -0.138. The van der Waals surface area contributed by atoms with Gasteiger partial charge >= 0.3 is 0 Å². The predicted octanol–water partition coefficient (Wildman–Crippen LogP) is 0.783. The van der Waals surface area contributed by atoms with Gasteiger partial charge in [-0.15, -0.1) is 0 Å². The van der Waals surface area contributed by atoms with Gasteiger partial charge in [-0.1, -0.05) is 17.3 Å². The van der Waals surface area contributed by atoms with Crippen molar-refractivity contribution in [1.29, 1.82) is 0 Å². The molecule has 0 radical (unpaired) electrons. The van der Waals surface area contributed by atoms with E-state index in [2.05, 4.69) is 10.5 Å². The zero-order chi connectivity index (χ0) is 18.2. The Balaban J connectivity index is 1.65. The molecule has 1 atom stereocenters. The van der Waals surface area contributed by atoms with Crippen LogP contribution in [0.4, 0.5) is 4.39 Å². The lowest BCUT2D eigenvalue weighted by Crippen LogP contribution is -2.39. The number of rotatable bonds is 8. The first-order valence-corrected chi connectivity index (χ1v) is 8.84. The molecule has 134 valence electrons. The summed E-state index contributed by atoms with van der Waals surface area (Å²) in [7, 11) is 0. The van der Waals surface area contributed by atoms with Gasteiger partial charge in [-0.2, -0.15) is 11.8 Å². The van der Waals surface area contributed by atoms with Crippen LogP contribution in [0.3, 0.4) is 0 Å². The Bertz CT molecular complexity index is 666. The molecule has 1 heterocycles. The van der Waals surface area contributed by atoms with Crippen molar-refractivity contribution in [2.45, 2.75) is 11.7 Å². The van der Waals surface area contributed by atoms with Crippen LogP contribution < -0.4 is 5.32 Å². The van der Waals surface area contributed by atoms with E-state index in [1.165, 1.54) is 42.2 Å². The average Bonchev–Trinajstić information content (AvgIpc) is 2.87. The fraction of sp³-hybridized carbons (Fsp3) is 0.375. The van der Waals surface area contributed by atoms with E-state index in [0.29, 0.717) is 5.56 Å². The van der Waals surface area contributed by atoms with Gasteiger partial charge in [0.05, 0.1) is 11.5 Å². The number of nitrogens with one attached hydrogen (secondary N) is 1. The Morgan fingerprint density at radius 3 is 2.80 bits per heavy atom. The summed E-state index contributed by atoms with van der Waals surface area (Å²) < 4.78 is 12.7. The summed E-state index contributed by atoms with van der Waals surface area (Å²) in [4.78, 5) is 41.2. The first kappa shape index (κ1) is 18.9. The Labute approximate surface area is 148 Å². The van der Waals surface area contributed by atoms with Crippen LogP contribution in [0, 0.1) is 5.82 Å². The zero-order valence-electron chi connectivity index (χ0n) is 13.6. The molecule has 0 saturated carbocycles. The van der Waals surface area contributed by atoms with Gasteiger partial charge in [0.15, 0.2) is 6.61 Å². The Hall–Kier alpha value is -2.42. The second-order valence-corrected chi connectivity index (χ2v) is 6.26. The van der Waals surface area contributed by atoms with Gasteiger partial charge in [0.25, 0.3) is 5.91 Å². The summed E-state index contributed by atoms with van der Waals surface area (Å²) in [6.07, 6.45) is 3.34. The van der Waals surface area contributed by atoms with Gasteiger partial charge in [-0.3, -0.25) is 19.3 Å². The fourth-order valence-electron chi connectivity index (χ4n) is 2.17. The number of oxime groups is 1. The van der Waals surface area contributed by atoms with Crippen molar-refractivity contribution < 1.29 is 23.6 Å². The fourth-order valence-corrected chi connectivity index (χ4v) is 2.81. The molecular weight excluding hydrogens is 348 g/mol. The van der Waals surface area contributed by atoms with Crippen LogP contribution in [0.2, 0.25) is 0 Å². The van der Waals surface area contributed by atoms with E-state index in [4.69, 9.17) is 4.84 Å². The molecule has 3 amide bonds. The smallest absolute Gasteiger partial charge is 0.260 e. The highest BCUT2D eigenvalue weighted by Gasteiger charge is 2.37. The minimum absolute atomic E-state index is 0.138. The van der Waals surface area contributed by atoms with Crippen LogP contribution >= 0.6 is 11.8 Å². The second-order valence-electron chi connectivity index (χ2n) is 5.22. The Morgan fingerprint density at radius 1 is 1.44 bits per heavy atom. The maximum absolute atomic E-state index is 12.7. The predicted molar refractivity (Wildman–Crippen MR) is 91.6 cm³/mol. The average molecular weight is 366 g/mol. The van der Waals surface area contributed by atoms with Crippen molar-refractivity contribution in [3.63, 3.8) is 0 Å². The molecule has 1 aliphatic heterocycles. The molecule has 7 nitrogen and oxygen atoms in total. The van der Waals surface area contributed by atoms with Crippen LogP contribution in [-0.2, 0) is 19.2 Å². The van der Waals surface area contributed by atoms with Gasteiger partial charge in [0.2, 0.25) is 11.8 Å². The molecule has 1 N–H and O–H groups in total. The molecule has 2 rings (SSSR count). The summed E-state index contributed by atoms with van der Waals surface area (Å²) in [5, 5.41) is 5.84. The minimum atomic E-state index is -0.420. The zero-order valence-corrected chi connectivity index (χ0v) is 14.4. The van der Waals surface area contributed by atoms with Crippen LogP contribution in [0.15, 0.2) is 29.4 Å². The number of thioether (sulfide) groups is 1. The van der Waals surface area contributed by atoms with Crippen molar-refractivity contribution in [3.05, 3.63) is 35.6 Å². The topological polar surface area (TPSA) is 88.1 Å². The van der Waals surface area contributed by atoms with Crippen molar-refractivity contribution in [2.24, 2.45) is 5.16 Å². The highest BCUT2D eigenvalue weighted by molar-refractivity contribution is 8.00. The number of nitrogens with zero attached hydrogens (tertiary/aromatic N) is 2. The maximum atomic E-state index is 12.7. The molecular formula is C16H18FN3O4S. The second kappa shape index (κ2) is 9.16. The lowest BCUT2D eigenvalue weighted by Gasteiger charge is -2.14. The lowest BCUT2D eigenvalue weighted by atomic mass is 10.2. The van der Waals surface area contributed by atoms with Gasteiger partial charge < -0.3 is 10.2 Å². The monoisotopic (exact) mass is 366 g/mol. The molecule has 1 aliphatic rings. The van der Waals surface area contributed by atoms with Crippen LogP contribution in [-0.4, -0.2) is 60.0 Å². The summed E-state index contributed by atoms with van der Waals surface area (Å²) in [6.45, 7) is -0.00517. The molecule has 25 heavy (non-hydrogen) atoms. The van der Waals surface area contributed by atoms with Crippen molar-refractivity contribution in [1.82, 2.24) is 10.2 Å². The number of carbonyl (C=O) groups is 3. The molecule has 1 saturated heterocycles.